The quantitative estimate of drug-likeness (QED) is 0.648. The van der Waals surface area contributed by atoms with E-state index < -0.39 is 0 Å². The molecule has 0 fully saturated rings. The second-order valence-corrected chi connectivity index (χ2v) is 3.30. The Labute approximate surface area is 77.2 Å². The molecule has 0 aromatic carbocycles. The van der Waals surface area contributed by atoms with E-state index in [4.69, 9.17) is 4.42 Å². The van der Waals surface area contributed by atoms with Gasteiger partial charge in [-0.05, 0) is 43.4 Å². The number of hydrogen-bond donors (Lipinski definition) is 0. The van der Waals surface area contributed by atoms with Crippen LogP contribution in [-0.4, -0.2) is 6.29 Å². The third-order valence-corrected chi connectivity index (χ3v) is 2.35. The van der Waals surface area contributed by atoms with Gasteiger partial charge in [0.25, 0.3) is 0 Å². The first kappa shape index (κ1) is 8.30. The summed E-state index contributed by atoms with van der Waals surface area (Å²) >= 11 is 0. The number of rotatable bonds is 2. The van der Waals surface area contributed by atoms with Crippen LogP contribution in [-0.2, 0) is 0 Å². The summed E-state index contributed by atoms with van der Waals surface area (Å²) in [7, 11) is 0. The van der Waals surface area contributed by atoms with Gasteiger partial charge in [-0.3, -0.25) is 4.79 Å². The van der Waals surface area contributed by atoms with E-state index in [1.807, 2.05) is 6.07 Å². The maximum absolute atomic E-state index is 10.4. The SMILES string of the molecule is O=Cc1ccc(C2=CCCCC2)o1. The second-order valence-electron chi connectivity index (χ2n) is 3.30. The van der Waals surface area contributed by atoms with Crippen molar-refractivity contribution in [3.63, 3.8) is 0 Å². The Morgan fingerprint density at radius 1 is 1.31 bits per heavy atom. The van der Waals surface area contributed by atoms with E-state index in [0.717, 1.165) is 24.9 Å². The zero-order chi connectivity index (χ0) is 9.10. The number of carbonyl (C=O) groups is 1. The Bertz CT molecular complexity index is 334. The molecule has 2 heteroatoms. The first-order chi connectivity index (χ1) is 6.40. The number of hydrogen-bond acceptors (Lipinski definition) is 2. The minimum Gasteiger partial charge on any atom is -0.454 e. The largest absolute Gasteiger partial charge is 0.454 e. The van der Waals surface area contributed by atoms with Crippen molar-refractivity contribution in [1.29, 1.82) is 0 Å². The first-order valence-corrected chi connectivity index (χ1v) is 4.64. The van der Waals surface area contributed by atoms with E-state index in [1.54, 1.807) is 6.07 Å². The highest BCUT2D eigenvalue weighted by Crippen LogP contribution is 2.27. The van der Waals surface area contributed by atoms with E-state index in [-0.39, 0.29) is 0 Å². The minimum atomic E-state index is 0.418. The molecule has 0 N–H and O–H groups in total. The Hall–Kier alpha value is -1.31. The van der Waals surface area contributed by atoms with Crippen LogP contribution in [0.2, 0.25) is 0 Å². The van der Waals surface area contributed by atoms with Gasteiger partial charge in [-0.25, -0.2) is 0 Å². The van der Waals surface area contributed by atoms with Crippen molar-refractivity contribution in [2.24, 2.45) is 0 Å². The normalized spacial score (nSPS) is 16.8. The lowest BCUT2D eigenvalue weighted by Gasteiger charge is -2.09. The third-order valence-electron chi connectivity index (χ3n) is 2.35. The minimum absolute atomic E-state index is 0.418. The van der Waals surface area contributed by atoms with Gasteiger partial charge in [0.2, 0.25) is 0 Å². The molecule has 0 saturated heterocycles. The fraction of sp³-hybridized carbons (Fsp3) is 0.364. The van der Waals surface area contributed by atoms with Gasteiger partial charge in [-0.1, -0.05) is 6.08 Å². The van der Waals surface area contributed by atoms with Crippen LogP contribution in [0, 0.1) is 0 Å². The number of carbonyl (C=O) groups excluding carboxylic acids is 1. The molecular weight excluding hydrogens is 164 g/mol. The molecule has 1 aliphatic rings. The third kappa shape index (κ3) is 1.72. The molecule has 0 atom stereocenters. The van der Waals surface area contributed by atoms with Crippen LogP contribution >= 0.6 is 0 Å². The highest BCUT2D eigenvalue weighted by atomic mass is 16.3. The van der Waals surface area contributed by atoms with Gasteiger partial charge in [0.15, 0.2) is 12.0 Å². The van der Waals surface area contributed by atoms with Crippen molar-refractivity contribution in [2.45, 2.75) is 25.7 Å². The molecule has 1 heterocycles. The Morgan fingerprint density at radius 3 is 2.85 bits per heavy atom. The van der Waals surface area contributed by atoms with Crippen LogP contribution in [0.5, 0.6) is 0 Å². The first-order valence-electron chi connectivity index (χ1n) is 4.64. The van der Waals surface area contributed by atoms with Gasteiger partial charge in [0, 0.05) is 0 Å². The van der Waals surface area contributed by atoms with Crippen molar-refractivity contribution in [3.05, 3.63) is 29.7 Å². The van der Waals surface area contributed by atoms with Gasteiger partial charge in [-0.15, -0.1) is 0 Å². The summed E-state index contributed by atoms with van der Waals surface area (Å²) in [5.74, 6) is 1.28. The van der Waals surface area contributed by atoms with E-state index in [2.05, 4.69) is 6.08 Å². The maximum Gasteiger partial charge on any atom is 0.185 e. The van der Waals surface area contributed by atoms with E-state index in [9.17, 15) is 4.79 Å². The smallest absolute Gasteiger partial charge is 0.185 e. The predicted octanol–water partition coefficient (Wildman–Crippen LogP) is 3.05. The Balaban J connectivity index is 2.23. The molecular formula is C11H12O2. The number of furan rings is 1. The molecule has 0 amide bonds. The van der Waals surface area contributed by atoms with E-state index in [1.165, 1.54) is 18.4 Å². The molecule has 0 spiro atoms. The lowest BCUT2D eigenvalue weighted by molar-refractivity contribution is 0.110. The van der Waals surface area contributed by atoms with Crippen LogP contribution in [0.3, 0.4) is 0 Å². The van der Waals surface area contributed by atoms with Gasteiger partial charge in [-0.2, -0.15) is 0 Å². The average Bonchev–Trinajstić information content (AvgIpc) is 2.67. The van der Waals surface area contributed by atoms with Crippen molar-refractivity contribution in [3.8, 4) is 0 Å². The molecule has 13 heavy (non-hydrogen) atoms. The van der Waals surface area contributed by atoms with Crippen LogP contribution in [0.25, 0.3) is 5.57 Å². The van der Waals surface area contributed by atoms with Crippen LogP contribution in [0.4, 0.5) is 0 Å². The molecule has 0 unspecified atom stereocenters. The summed E-state index contributed by atoms with van der Waals surface area (Å²) < 4.78 is 5.34. The summed E-state index contributed by atoms with van der Waals surface area (Å²) in [6.45, 7) is 0. The molecule has 1 aromatic heterocycles. The van der Waals surface area contributed by atoms with Crippen molar-refractivity contribution in [2.75, 3.05) is 0 Å². The van der Waals surface area contributed by atoms with E-state index in [0.29, 0.717) is 5.76 Å². The average molecular weight is 176 g/mol. The van der Waals surface area contributed by atoms with Crippen molar-refractivity contribution < 1.29 is 9.21 Å². The molecule has 1 aliphatic carbocycles. The molecule has 1 aromatic rings. The highest BCUT2D eigenvalue weighted by Gasteiger charge is 2.09. The lowest BCUT2D eigenvalue weighted by atomic mass is 9.98. The Morgan fingerprint density at radius 2 is 2.23 bits per heavy atom. The molecule has 68 valence electrons. The van der Waals surface area contributed by atoms with Gasteiger partial charge in [0.1, 0.15) is 5.76 Å². The van der Waals surface area contributed by atoms with Gasteiger partial charge >= 0.3 is 0 Å². The molecule has 0 saturated carbocycles. The van der Waals surface area contributed by atoms with E-state index >= 15 is 0 Å². The summed E-state index contributed by atoms with van der Waals surface area (Å²) in [5.41, 5.74) is 1.25. The van der Waals surface area contributed by atoms with Crippen LogP contribution in [0.1, 0.15) is 42.0 Å². The van der Waals surface area contributed by atoms with Gasteiger partial charge in [0.05, 0.1) is 0 Å². The fourth-order valence-corrected chi connectivity index (χ4v) is 1.65. The molecule has 2 rings (SSSR count). The standard InChI is InChI=1S/C11H12O2/c12-8-10-6-7-11(13-10)9-4-2-1-3-5-9/h4,6-8H,1-3,5H2. The van der Waals surface area contributed by atoms with Crippen molar-refractivity contribution >= 4 is 11.9 Å². The molecule has 0 radical (unpaired) electrons. The number of allylic oxidation sites excluding steroid dienone is 2. The topological polar surface area (TPSA) is 30.2 Å². The highest BCUT2D eigenvalue weighted by molar-refractivity contribution is 5.72. The fourth-order valence-electron chi connectivity index (χ4n) is 1.65. The number of aldehydes is 1. The summed E-state index contributed by atoms with van der Waals surface area (Å²) in [5, 5.41) is 0. The zero-order valence-electron chi connectivity index (χ0n) is 7.45. The zero-order valence-corrected chi connectivity index (χ0v) is 7.45. The monoisotopic (exact) mass is 176 g/mol. The van der Waals surface area contributed by atoms with Gasteiger partial charge < -0.3 is 4.42 Å². The van der Waals surface area contributed by atoms with Crippen molar-refractivity contribution in [1.82, 2.24) is 0 Å². The molecule has 2 nitrogen and oxygen atoms in total. The van der Waals surface area contributed by atoms with Crippen LogP contribution in [0.15, 0.2) is 22.6 Å². The maximum atomic E-state index is 10.4. The summed E-state index contributed by atoms with van der Waals surface area (Å²) in [4.78, 5) is 10.4. The van der Waals surface area contributed by atoms with Crippen LogP contribution < -0.4 is 0 Å². The molecule has 0 bridgehead atoms. The second kappa shape index (κ2) is 3.60. The Kier molecular flexibility index (Phi) is 2.30. The molecule has 0 aliphatic heterocycles. The lowest BCUT2D eigenvalue weighted by Crippen LogP contribution is -1.89. The summed E-state index contributed by atoms with van der Waals surface area (Å²) in [6.07, 6.45) is 7.65. The summed E-state index contributed by atoms with van der Waals surface area (Å²) in [6, 6.07) is 3.60. The predicted molar refractivity (Wildman–Crippen MR) is 50.5 cm³/mol.